The van der Waals surface area contributed by atoms with Gasteiger partial charge in [-0.2, -0.15) is 0 Å². The van der Waals surface area contributed by atoms with Crippen LogP contribution in [0.1, 0.15) is 26.3 Å². The Morgan fingerprint density at radius 3 is 2.67 bits per heavy atom. The van der Waals surface area contributed by atoms with Crippen molar-refractivity contribution in [1.29, 1.82) is 0 Å². The Morgan fingerprint density at radius 2 is 1.97 bits per heavy atom. The summed E-state index contributed by atoms with van der Waals surface area (Å²) in [7, 11) is 0. The molecule has 0 saturated carbocycles. The molecule has 1 atom stereocenters. The van der Waals surface area contributed by atoms with Crippen LogP contribution in [-0.4, -0.2) is 75.3 Å². The highest BCUT2D eigenvalue weighted by molar-refractivity contribution is 5.80. The van der Waals surface area contributed by atoms with Gasteiger partial charge >= 0.3 is 0 Å². The number of carbonyl (C=O) groups is 1. The van der Waals surface area contributed by atoms with Crippen LogP contribution in [0.15, 0.2) is 29.3 Å². The summed E-state index contributed by atoms with van der Waals surface area (Å²) in [5.74, 6) is 0.968. The van der Waals surface area contributed by atoms with Gasteiger partial charge in [0, 0.05) is 39.3 Å². The maximum absolute atomic E-state index is 12.9. The monoisotopic (exact) mass is 421 g/mol. The van der Waals surface area contributed by atoms with Crippen LogP contribution in [0, 0.1) is 11.7 Å². The number of amides is 1. The highest BCUT2D eigenvalue weighted by Crippen LogP contribution is 2.08. The predicted octanol–water partition coefficient (Wildman–Crippen LogP) is 1.40. The van der Waals surface area contributed by atoms with E-state index in [1.54, 1.807) is 12.1 Å². The third-order valence-corrected chi connectivity index (χ3v) is 4.66. The van der Waals surface area contributed by atoms with Crippen molar-refractivity contribution in [1.82, 2.24) is 20.9 Å². The topological polar surface area (TPSA) is 78.0 Å². The zero-order chi connectivity index (χ0) is 21.8. The van der Waals surface area contributed by atoms with E-state index in [0.29, 0.717) is 25.6 Å². The van der Waals surface area contributed by atoms with Crippen LogP contribution in [-0.2, 0) is 16.0 Å². The van der Waals surface area contributed by atoms with Gasteiger partial charge in [0.1, 0.15) is 5.82 Å². The first-order chi connectivity index (χ1) is 14.5. The SMILES string of the molecule is CCNC(=NCC1CN(CC(C)C)CCO1)NCCNC(=O)Cc1ccc(F)cc1. The van der Waals surface area contributed by atoms with Gasteiger partial charge < -0.3 is 20.7 Å². The largest absolute Gasteiger partial charge is 0.374 e. The summed E-state index contributed by atoms with van der Waals surface area (Å²) in [5.41, 5.74) is 0.788. The van der Waals surface area contributed by atoms with E-state index in [1.807, 2.05) is 6.92 Å². The fourth-order valence-electron chi connectivity index (χ4n) is 3.34. The molecule has 3 N–H and O–H groups in total. The first kappa shape index (κ1) is 24.1. The number of aliphatic imine (C=N–C) groups is 1. The number of ether oxygens (including phenoxy) is 1. The maximum atomic E-state index is 12.9. The van der Waals surface area contributed by atoms with Gasteiger partial charge in [0.25, 0.3) is 0 Å². The third kappa shape index (κ3) is 9.54. The zero-order valence-corrected chi connectivity index (χ0v) is 18.4. The Bertz CT molecular complexity index is 666. The molecule has 2 rings (SSSR count). The lowest BCUT2D eigenvalue weighted by Crippen LogP contribution is -2.46. The van der Waals surface area contributed by atoms with E-state index in [1.165, 1.54) is 12.1 Å². The molecule has 1 amide bonds. The lowest BCUT2D eigenvalue weighted by molar-refractivity contribution is -0.120. The van der Waals surface area contributed by atoms with E-state index >= 15 is 0 Å². The molecule has 1 fully saturated rings. The van der Waals surface area contributed by atoms with Gasteiger partial charge in [0.15, 0.2) is 5.96 Å². The van der Waals surface area contributed by atoms with Crippen molar-refractivity contribution >= 4 is 11.9 Å². The van der Waals surface area contributed by atoms with Gasteiger partial charge in [-0.25, -0.2) is 4.39 Å². The minimum Gasteiger partial charge on any atom is -0.374 e. The predicted molar refractivity (Wildman–Crippen MR) is 118 cm³/mol. The Labute approximate surface area is 179 Å². The molecule has 0 aliphatic carbocycles. The van der Waals surface area contributed by atoms with Crippen LogP contribution in [0.4, 0.5) is 4.39 Å². The molecule has 1 unspecified atom stereocenters. The van der Waals surface area contributed by atoms with E-state index in [-0.39, 0.29) is 24.2 Å². The molecule has 1 saturated heterocycles. The van der Waals surface area contributed by atoms with Crippen LogP contribution >= 0.6 is 0 Å². The van der Waals surface area contributed by atoms with Crippen molar-refractivity contribution in [3.05, 3.63) is 35.6 Å². The van der Waals surface area contributed by atoms with Crippen molar-refractivity contribution in [2.75, 3.05) is 52.4 Å². The number of nitrogens with one attached hydrogen (secondary N) is 3. The lowest BCUT2D eigenvalue weighted by Gasteiger charge is -2.33. The molecule has 1 aliphatic heterocycles. The summed E-state index contributed by atoms with van der Waals surface area (Å²) in [6, 6.07) is 5.97. The van der Waals surface area contributed by atoms with E-state index < -0.39 is 0 Å². The molecule has 8 heteroatoms. The summed E-state index contributed by atoms with van der Waals surface area (Å²) >= 11 is 0. The molecule has 0 radical (unpaired) electrons. The Balaban J connectivity index is 1.70. The quantitative estimate of drug-likeness (QED) is 0.302. The van der Waals surface area contributed by atoms with Crippen LogP contribution in [0.3, 0.4) is 0 Å². The molecule has 0 bridgehead atoms. The fraction of sp³-hybridized carbons (Fsp3) is 0.636. The summed E-state index contributed by atoms with van der Waals surface area (Å²) in [6.07, 6.45) is 0.337. The molecule has 1 aliphatic rings. The highest BCUT2D eigenvalue weighted by atomic mass is 19.1. The molecule has 30 heavy (non-hydrogen) atoms. The number of hydrogen-bond donors (Lipinski definition) is 3. The lowest BCUT2D eigenvalue weighted by atomic mass is 10.1. The Kier molecular flexibility index (Phi) is 10.6. The molecule has 1 aromatic rings. The highest BCUT2D eigenvalue weighted by Gasteiger charge is 2.20. The molecule has 0 aromatic heterocycles. The Hall–Kier alpha value is -2.19. The minimum absolute atomic E-state index is 0.0915. The molecular formula is C22H36FN5O2. The number of nitrogens with zero attached hydrogens (tertiary/aromatic N) is 2. The molecule has 7 nitrogen and oxygen atoms in total. The van der Waals surface area contributed by atoms with Crippen molar-refractivity contribution in [3.8, 4) is 0 Å². The van der Waals surface area contributed by atoms with Gasteiger partial charge in [-0.1, -0.05) is 26.0 Å². The third-order valence-electron chi connectivity index (χ3n) is 4.66. The van der Waals surface area contributed by atoms with Crippen molar-refractivity contribution < 1.29 is 13.9 Å². The number of benzene rings is 1. The standard InChI is InChI=1S/C22H36FN5O2/c1-4-24-22(27-14-20-16-28(11-12-30-20)15-17(2)3)26-10-9-25-21(29)13-18-5-7-19(23)8-6-18/h5-8,17,20H,4,9-16H2,1-3H3,(H,25,29)(H2,24,26,27). The fourth-order valence-corrected chi connectivity index (χ4v) is 3.34. The second-order valence-corrected chi connectivity index (χ2v) is 7.95. The van der Waals surface area contributed by atoms with Crippen molar-refractivity contribution in [2.45, 2.75) is 33.3 Å². The number of guanidine groups is 1. The zero-order valence-electron chi connectivity index (χ0n) is 18.4. The van der Waals surface area contributed by atoms with Gasteiger partial charge in [0.05, 0.1) is 25.7 Å². The number of halogens is 1. The normalized spacial score (nSPS) is 17.8. The second-order valence-electron chi connectivity index (χ2n) is 7.95. The number of rotatable bonds is 10. The van der Waals surface area contributed by atoms with E-state index in [9.17, 15) is 9.18 Å². The van der Waals surface area contributed by atoms with Crippen molar-refractivity contribution in [3.63, 3.8) is 0 Å². The minimum atomic E-state index is -0.301. The number of carbonyl (C=O) groups excluding carboxylic acids is 1. The summed E-state index contributed by atoms with van der Waals surface area (Å²) in [6.45, 7) is 12.6. The first-order valence-electron chi connectivity index (χ1n) is 10.8. The summed E-state index contributed by atoms with van der Waals surface area (Å²) in [5, 5.41) is 9.32. The molecule has 168 valence electrons. The van der Waals surface area contributed by atoms with E-state index in [0.717, 1.165) is 44.3 Å². The van der Waals surface area contributed by atoms with Crippen LogP contribution in [0.2, 0.25) is 0 Å². The summed E-state index contributed by atoms with van der Waals surface area (Å²) in [4.78, 5) is 19.1. The van der Waals surface area contributed by atoms with E-state index in [2.05, 4.69) is 39.7 Å². The average Bonchev–Trinajstić information content (AvgIpc) is 2.71. The van der Waals surface area contributed by atoms with Gasteiger partial charge in [0.2, 0.25) is 5.91 Å². The van der Waals surface area contributed by atoms with Crippen molar-refractivity contribution in [2.24, 2.45) is 10.9 Å². The maximum Gasteiger partial charge on any atom is 0.224 e. The van der Waals surface area contributed by atoms with E-state index in [4.69, 9.17) is 4.74 Å². The molecule has 1 aromatic carbocycles. The Morgan fingerprint density at radius 1 is 1.23 bits per heavy atom. The number of hydrogen-bond acceptors (Lipinski definition) is 4. The molecule has 0 spiro atoms. The average molecular weight is 422 g/mol. The number of morpholine rings is 1. The van der Waals surface area contributed by atoms with Gasteiger partial charge in [-0.3, -0.25) is 14.7 Å². The molecule has 1 heterocycles. The van der Waals surface area contributed by atoms with Crippen LogP contribution in [0.5, 0.6) is 0 Å². The second kappa shape index (κ2) is 13.2. The van der Waals surface area contributed by atoms with Gasteiger partial charge in [-0.15, -0.1) is 0 Å². The smallest absolute Gasteiger partial charge is 0.224 e. The first-order valence-corrected chi connectivity index (χ1v) is 10.8. The van der Waals surface area contributed by atoms with Crippen LogP contribution < -0.4 is 16.0 Å². The summed E-state index contributed by atoms with van der Waals surface area (Å²) < 4.78 is 18.8. The molecular weight excluding hydrogens is 385 g/mol. The van der Waals surface area contributed by atoms with Gasteiger partial charge in [-0.05, 0) is 30.5 Å². The van der Waals surface area contributed by atoms with Crippen LogP contribution in [0.25, 0.3) is 0 Å².